The maximum absolute atomic E-state index is 11.6. The maximum atomic E-state index is 11.6. The van der Waals surface area contributed by atoms with Gasteiger partial charge in [-0.05, 0) is 38.1 Å². The molecule has 0 aliphatic rings. The summed E-state index contributed by atoms with van der Waals surface area (Å²) in [5.74, 6) is 1.05. The van der Waals surface area contributed by atoms with Crippen molar-refractivity contribution < 1.29 is 9.59 Å². The molecule has 0 aliphatic heterocycles. The van der Waals surface area contributed by atoms with Crippen molar-refractivity contribution in [3.8, 4) is 0 Å². The predicted molar refractivity (Wildman–Crippen MR) is 77.5 cm³/mol. The second kappa shape index (κ2) is 10.8. The van der Waals surface area contributed by atoms with Gasteiger partial charge in [0.25, 0.3) is 0 Å². The van der Waals surface area contributed by atoms with Crippen molar-refractivity contribution in [1.82, 2.24) is 10.6 Å². The Bertz CT molecular complexity index is 267. The van der Waals surface area contributed by atoms with Crippen molar-refractivity contribution in [2.45, 2.75) is 46.5 Å². The molecule has 0 fully saturated rings. The van der Waals surface area contributed by atoms with Crippen molar-refractivity contribution in [3.63, 3.8) is 0 Å². The number of hydrogen-bond donors (Lipinski definition) is 3. The molecule has 5 nitrogen and oxygen atoms in total. The van der Waals surface area contributed by atoms with E-state index in [1.54, 1.807) is 0 Å². The third-order valence-corrected chi connectivity index (χ3v) is 3.27. The third-order valence-electron chi connectivity index (χ3n) is 3.27. The van der Waals surface area contributed by atoms with Crippen LogP contribution in [0.2, 0.25) is 0 Å². The topological polar surface area (TPSA) is 84.2 Å². The normalized spacial score (nSPS) is 12.3. The highest BCUT2D eigenvalue weighted by Gasteiger charge is 2.14. The molecule has 4 N–H and O–H groups in total. The van der Waals surface area contributed by atoms with Gasteiger partial charge in [-0.2, -0.15) is 0 Å². The van der Waals surface area contributed by atoms with Crippen LogP contribution in [-0.2, 0) is 9.59 Å². The van der Waals surface area contributed by atoms with E-state index in [-0.39, 0.29) is 11.8 Å². The van der Waals surface area contributed by atoms with Crippen LogP contribution >= 0.6 is 0 Å². The average molecular weight is 271 g/mol. The highest BCUT2D eigenvalue weighted by Crippen LogP contribution is 2.20. The van der Waals surface area contributed by atoms with Crippen LogP contribution in [0, 0.1) is 11.8 Å². The van der Waals surface area contributed by atoms with E-state index < -0.39 is 0 Å². The van der Waals surface area contributed by atoms with Crippen LogP contribution in [0.5, 0.6) is 0 Å². The monoisotopic (exact) mass is 271 g/mol. The number of rotatable bonds is 10. The summed E-state index contributed by atoms with van der Waals surface area (Å²) < 4.78 is 0. The van der Waals surface area contributed by atoms with Gasteiger partial charge in [-0.3, -0.25) is 9.59 Å². The summed E-state index contributed by atoms with van der Waals surface area (Å²) >= 11 is 0. The molecule has 0 bridgehead atoms. The van der Waals surface area contributed by atoms with Gasteiger partial charge in [0.15, 0.2) is 0 Å². The minimum absolute atomic E-state index is 0.0203. The maximum Gasteiger partial charge on any atom is 0.221 e. The zero-order chi connectivity index (χ0) is 14.7. The van der Waals surface area contributed by atoms with Gasteiger partial charge in [0.1, 0.15) is 0 Å². The quantitative estimate of drug-likeness (QED) is 0.555. The first-order valence-electron chi connectivity index (χ1n) is 7.24. The Kier molecular flexibility index (Phi) is 10.2. The van der Waals surface area contributed by atoms with Gasteiger partial charge >= 0.3 is 0 Å². The Balaban J connectivity index is 3.76. The van der Waals surface area contributed by atoms with Gasteiger partial charge in [0.05, 0.1) is 0 Å². The first-order valence-corrected chi connectivity index (χ1v) is 7.24. The minimum Gasteiger partial charge on any atom is -0.356 e. The van der Waals surface area contributed by atoms with Gasteiger partial charge in [0, 0.05) is 25.9 Å². The van der Waals surface area contributed by atoms with Crippen molar-refractivity contribution >= 4 is 11.8 Å². The first-order chi connectivity index (χ1) is 9.01. The summed E-state index contributed by atoms with van der Waals surface area (Å²) in [6.07, 6.45) is 2.68. The number of hydrogen-bond acceptors (Lipinski definition) is 3. The molecule has 0 aliphatic carbocycles. The Morgan fingerprint density at radius 2 is 1.68 bits per heavy atom. The van der Waals surface area contributed by atoms with E-state index in [0.717, 1.165) is 12.8 Å². The van der Waals surface area contributed by atoms with Gasteiger partial charge in [-0.1, -0.05) is 13.8 Å². The van der Waals surface area contributed by atoms with Crippen molar-refractivity contribution in [2.24, 2.45) is 17.6 Å². The van der Waals surface area contributed by atoms with Crippen LogP contribution in [0.25, 0.3) is 0 Å². The lowest BCUT2D eigenvalue weighted by atomic mass is 9.88. The molecule has 0 spiro atoms. The summed E-state index contributed by atoms with van der Waals surface area (Å²) in [6, 6.07) is 0. The Morgan fingerprint density at radius 1 is 1.05 bits per heavy atom. The molecular weight excluding hydrogens is 242 g/mol. The molecule has 0 aromatic rings. The van der Waals surface area contributed by atoms with Crippen LogP contribution < -0.4 is 16.4 Å². The van der Waals surface area contributed by atoms with Gasteiger partial charge in [-0.15, -0.1) is 0 Å². The minimum atomic E-state index is -0.0222. The van der Waals surface area contributed by atoms with E-state index in [1.807, 2.05) is 6.92 Å². The Hall–Kier alpha value is -1.10. The molecule has 1 unspecified atom stereocenters. The first kappa shape index (κ1) is 17.9. The van der Waals surface area contributed by atoms with Crippen molar-refractivity contribution in [2.75, 3.05) is 19.6 Å². The molecule has 0 rings (SSSR count). The van der Waals surface area contributed by atoms with Crippen LogP contribution in [0.15, 0.2) is 0 Å². The zero-order valence-electron chi connectivity index (χ0n) is 12.5. The van der Waals surface area contributed by atoms with Crippen molar-refractivity contribution in [3.05, 3.63) is 0 Å². The lowest BCUT2D eigenvalue weighted by Gasteiger charge is -2.19. The van der Waals surface area contributed by atoms with Crippen molar-refractivity contribution in [1.29, 1.82) is 0 Å². The summed E-state index contributed by atoms with van der Waals surface area (Å²) in [4.78, 5) is 22.8. The fourth-order valence-corrected chi connectivity index (χ4v) is 2.03. The van der Waals surface area contributed by atoms with Gasteiger partial charge in [-0.25, -0.2) is 0 Å². The molecule has 0 aromatic carbocycles. The Labute approximate surface area is 116 Å². The summed E-state index contributed by atoms with van der Waals surface area (Å²) in [5, 5.41) is 5.47. The Morgan fingerprint density at radius 3 is 2.21 bits per heavy atom. The molecule has 2 amide bonds. The van der Waals surface area contributed by atoms with E-state index in [4.69, 9.17) is 5.73 Å². The van der Waals surface area contributed by atoms with E-state index in [2.05, 4.69) is 24.5 Å². The highest BCUT2D eigenvalue weighted by atomic mass is 16.2. The molecule has 0 heterocycles. The summed E-state index contributed by atoms with van der Waals surface area (Å²) in [7, 11) is 0. The highest BCUT2D eigenvalue weighted by molar-refractivity contribution is 5.78. The molecule has 0 saturated heterocycles. The summed E-state index contributed by atoms with van der Waals surface area (Å²) in [6.45, 7) is 7.90. The van der Waals surface area contributed by atoms with Crippen LogP contribution in [-0.4, -0.2) is 31.4 Å². The number of nitrogens with one attached hydrogen (secondary N) is 2. The largest absolute Gasteiger partial charge is 0.356 e. The zero-order valence-corrected chi connectivity index (χ0v) is 12.5. The fourth-order valence-electron chi connectivity index (χ4n) is 2.03. The van der Waals surface area contributed by atoms with Crippen LogP contribution in [0.1, 0.15) is 46.5 Å². The van der Waals surface area contributed by atoms with E-state index in [9.17, 15) is 9.59 Å². The van der Waals surface area contributed by atoms with Gasteiger partial charge < -0.3 is 16.4 Å². The van der Waals surface area contributed by atoms with E-state index in [0.29, 0.717) is 44.3 Å². The molecule has 0 radical (unpaired) electrons. The van der Waals surface area contributed by atoms with E-state index >= 15 is 0 Å². The van der Waals surface area contributed by atoms with Gasteiger partial charge in [0.2, 0.25) is 11.8 Å². The second-order valence-electron chi connectivity index (χ2n) is 5.17. The van der Waals surface area contributed by atoms with Crippen LogP contribution in [0.3, 0.4) is 0 Å². The second-order valence-corrected chi connectivity index (χ2v) is 5.17. The predicted octanol–water partition coefficient (Wildman–Crippen LogP) is 1.03. The summed E-state index contributed by atoms with van der Waals surface area (Å²) in [5.41, 5.74) is 5.57. The standard InChI is InChI=1S/C14H29N3O2/c1-4-16-14(19)8-10-17-13(18)6-5-12(7-9-15)11(2)3/h11-12H,4-10,15H2,1-3H3,(H,16,19)(H,17,18). The molecular formula is C14H29N3O2. The molecule has 112 valence electrons. The lowest BCUT2D eigenvalue weighted by molar-refractivity contribution is -0.122. The van der Waals surface area contributed by atoms with Crippen LogP contribution in [0.4, 0.5) is 0 Å². The number of nitrogens with two attached hydrogens (primary N) is 1. The number of carbonyl (C=O) groups is 2. The third kappa shape index (κ3) is 9.47. The SMILES string of the molecule is CCNC(=O)CCNC(=O)CCC(CCN)C(C)C. The van der Waals surface area contributed by atoms with E-state index in [1.165, 1.54) is 0 Å². The molecule has 0 saturated carbocycles. The average Bonchev–Trinajstić information content (AvgIpc) is 2.34. The smallest absolute Gasteiger partial charge is 0.221 e. The molecule has 19 heavy (non-hydrogen) atoms. The number of carbonyl (C=O) groups excluding carboxylic acids is 2. The number of amides is 2. The molecule has 1 atom stereocenters. The molecule has 0 aromatic heterocycles. The lowest BCUT2D eigenvalue weighted by Crippen LogP contribution is -2.31. The fraction of sp³-hybridized carbons (Fsp3) is 0.857. The molecule has 5 heteroatoms.